The molecule has 0 amide bonds. The number of fused-ring (bicyclic) bond motifs is 2. The smallest absolute Gasteiger partial charge is 0.227 e. The average Bonchev–Trinajstić information content (AvgIpc) is 3.81. The molecule has 49 heavy (non-hydrogen) atoms. The van der Waals surface area contributed by atoms with Gasteiger partial charge in [-0.05, 0) is 107 Å². The summed E-state index contributed by atoms with van der Waals surface area (Å²) >= 11 is 1.72. The fourth-order valence-electron chi connectivity index (χ4n) is 6.34. The van der Waals surface area contributed by atoms with Gasteiger partial charge in [0, 0.05) is 28.2 Å². The SMILES string of the molecule is c1ccc(-c2ccc(N(c3ccc(-c4nc5ccccc5o4)cc3)c3ccc(-c4nc5ccccc5s4)cc3)cc2-c2ccccc2)cc1. The first-order chi connectivity index (χ1) is 24.3. The molecule has 0 aliphatic rings. The van der Waals surface area contributed by atoms with Crippen molar-refractivity contribution in [3.8, 4) is 44.3 Å². The van der Waals surface area contributed by atoms with Crippen LogP contribution in [0.4, 0.5) is 17.1 Å². The zero-order valence-corrected chi connectivity index (χ0v) is 27.2. The van der Waals surface area contributed by atoms with E-state index in [1.165, 1.54) is 27.0 Å². The molecular formula is C44H29N3OS. The first kappa shape index (κ1) is 28.9. The lowest BCUT2D eigenvalue weighted by atomic mass is 9.93. The molecule has 9 aromatic rings. The molecule has 0 spiro atoms. The highest BCUT2D eigenvalue weighted by atomic mass is 32.1. The Morgan fingerprint density at radius 3 is 1.67 bits per heavy atom. The van der Waals surface area contributed by atoms with Crippen molar-refractivity contribution in [2.75, 3.05) is 4.90 Å². The monoisotopic (exact) mass is 647 g/mol. The summed E-state index contributed by atoms with van der Waals surface area (Å²) in [7, 11) is 0. The van der Waals surface area contributed by atoms with Crippen molar-refractivity contribution in [3.63, 3.8) is 0 Å². The number of anilines is 3. The fourth-order valence-corrected chi connectivity index (χ4v) is 7.31. The zero-order valence-electron chi connectivity index (χ0n) is 26.4. The molecule has 0 saturated heterocycles. The van der Waals surface area contributed by atoms with E-state index < -0.39 is 0 Å². The number of rotatable bonds is 7. The quantitative estimate of drug-likeness (QED) is 0.173. The molecule has 0 aliphatic carbocycles. The first-order valence-electron chi connectivity index (χ1n) is 16.2. The summed E-state index contributed by atoms with van der Waals surface area (Å²) in [5.74, 6) is 0.609. The highest BCUT2D eigenvalue weighted by Crippen LogP contribution is 2.42. The number of oxazole rings is 1. The second kappa shape index (κ2) is 12.4. The normalized spacial score (nSPS) is 11.3. The third-order valence-electron chi connectivity index (χ3n) is 8.76. The number of thiazole rings is 1. The molecule has 0 saturated carbocycles. The van der Waals surface area contributed by atoms with E-state index in [9.17, 15) is 0 Å². The molecule has 0 aliphatic heterocycles. The summed E-state index contributed by atoms with van der Waals surface area (Å²) in [5.41, 5.74) is 12.5. The van der Waals surface area contributed by atoms with Crippen LogP contribution in [0, 0.1) is 0 Å². The van der Waals surface area contributed by atoms with Gasteiger partial charge in [0.25, 0.3) is 0 Å². The van der Waals surface area contributed by atoms with E-state index in [1.807, 2.05) is 30.3 Å². The molecular weight excluding hydrogens is 619 g/mol. The Balaban J connectivity index is 1.16. The van der Waals surface area contributed by atoms with Crippen molar-refractivity contribution in [1.82, 2.24) is 9.97 Å². The van der Waals surface area contributed by atoms with Gasteiger partial charge < -0.3 is 9.32 Å². The van der Waals surface area contributed by atoms with E-state index in [-0.39, 0.29) is 0 Å². The zero-order chi connectivity index (χ0) is 32.6. The lowest BCUT2D eigenvalue weighted by molar-refractivity contribution is 0.620. The molecule has 0 atom stereocenters. The Labute approximate surface area is 288 Å². The highest BCUT2D eigenvalue weighted by Gasteiger charge is 2.18. The van der Waals surface area contributed by atoms with Gasteiger partial charge in [-0.3, -0.25) is 0 Å². The van der Waals surface area contributed by atoms with Crippen molar-refractivity contribution in [3.05, 3.63) is 176 Å². The van der Waals surface area contributed by atoms with Crippen molar-refractivity contribution >= 4 is 49.7 Å². The Hall–Kier alpha value is -6.30. The van der Waals surface area contributed by atoms with Crippen molar-refractivity contribution in [1.29, 1.82) is 0 Å². The van der Waals surface area contributed by atoms with Crippen LogP contribution < -0.4 is 4.90 Å². The van der Waals surface area contributed by atoms with Crippen LogP contribution in [0.1, 0.15) is 0 Å². The number of hydrogen-bond donors (Lipinski definition) is 0. The molecule has 0 unspecified atom stereocenters. The molecule has 0 fully saturated rings. The largest absolute Gasteiger partial charge is 0.436 e. The predicted molar refractivity (Wildman–Crippen MR) is 204 cm³/mol. The van der Waals surface area contributed by atoms with E-state index >= 15 is 0 Å². The van der Waals surface area contributed by atoms with E-state index in [0.717, 1.165) is 49.8 Å². The maximum atomic E-state index is 6.09. The van der Waals surface area contributed by atoms with Gasteiger partial charge in [-0.1, -0.05) is 91.0 Å². The predicted octanol–water partition coefficient (Wildman–Crippen LogP) is 12.6. The van der Waals surface area contributed by atoms with Crippen molar-refractivity contribution in [2.24, 2.45) is 0 Å². The van der Waals surface area contributed by atoms with E-state index in [0.29, 0.717) is 5.89 Å². The number of para-hydroxylation sites is 3. The third-order valence-corrected chi connectivity index (χ3v) is 9.85. The number of nitrogens with zero attached hydrogens (tertiary/aromatic N) is 3. The van der Waals surface area contributed by atoms with Gasteiger partial charge >= 0.3 is 0 Å². The molecule has 2 aromatic heterocycles. The average molecular weight is 648 g/mol. The minimum atomic E-state index is 0.609. The molecule has 0 bridgehead atoms. The molecule has 4 nitrogen and oxygen atoms in total. The van der Waals surface area contributed by atoms with Gasteiger partial charge in [-0.25, -0.2) is 9.97 Å². The maximum Gasteiger partial charge on any atom is 0.227 e. The lowest BCUT2D eigenvalue weighted by Gasteiger charge is -2.27. The molecule has 5 heteroatoms. The standard InChI is InChI=1S/C44H29N3OS/c1-3-11-30(12-4-1)37-28-27-36(29-38(37)31-13-5-2-6-14-31)47(34-23-19-32(20-24-34)43-45-39-15-7-9-17-41(39)48-43)35-25-21-33(22-26-35)44-46-40-16-8-10-18-42(40)49-44/h1-29H. The number of aromatic nitrogens is 2. The second-order valence-electron chi connectivity index (χ2n) is 11.9. The van der Waals surface area contributed by atoms with Crippen LogP contribution >= 0.6 is 11.3 Å². The van der Waals surface area contributed by atoms with Gasteiger partial charge in [0.2, 0.25) is 5.89 Å². The Morgan fingerprint density at radius 1 is 0.429 bits per heavy atom. The topological polar surface area (TPSA) is 42.2 Å². The Morgan fingerprint density at radius 2 is 1.00 bits per heavy atom. The summed E-state index contributed by atoms with van der Waals surface area (Å²) in [6.45, 7) is 0. The van der Waals surface area contributed by atoms with Crippen LogP contribution in [0.25, 0.3) is 65.6 Å². The van der Waals surface area contributed by atoms with Crippen LogP contribution in [0.2, 0.25) is 0 Å². The number of benzene rings is 7. The summed E-state index contributed by atoms with van der Waals surface area (Å²) < 4.78 is 7.28. The molecule has 232 valence electrons. The molecule has 9 rings (SSSR count). The molecule has 0 radical (unpaired) electrons. The summed E-state index contributed by atoms with van der Waals surface area (Å²) in [5, 5.41) is 1.01. The van der Waals surface area contributed by atoms with Gasteiger partial charge in [0.05, 0.1) is 10.2 Å². The highest BCUT2D eigenvalue weighted by molar-refractivity contribution is 7.21. The summed E-state index contributed by atoms with van der Waals surface area (Å²) in [6.07, 6.45) is 0. The van der Waals surface area contributed by atoms with Crippen LogP contribution in [0.5, 0.6) is 0 Å². The minimum Gasteiger partial charge on any atom is -0.436 e. The van der Waals surface area contributed by atoms with Gasteiger partial charge in [-0.2, -0.15) is 0 Å². The van der Waals surface area contributed by atoms with Crippen LogP contribution in [0.15, 0.2) is 180 Å². The van der Waals surface area contributed by atoms with Gasteiger partial charge in [-0.15, -0.1) is 11.3 Å². The van der Waals surface area contributed by atoms with Crippen molar-refractivity contribution in [2.45, 2.75) is 0 Å². The second-order valence-corrected chi connectivity index (χ2v) is 12.9. The number of hydrogen-bond acceptors (Lipinski definition) is 5. The van der Waals surface area contributed by atoms with Crippen LogP contribution in [-0.2, 0) is 0 Å². The summed E-state index contributed by atoms with van der Waals surface area (Å²) in [4.78, 5) is 11.9. The third kappa shape index (κ3) is 5.56. The van der Waals surface area contributed by atoms with Gasteiger partial charge in [0.15, 0.2) is 5.58 Å². The van der Waals surface area contributed by atoms with Crippen LogP contribution in [-0.4, -0.2) is 9.97 Å². The first-order valence-corrected chi connectivity index (χ1v) is 17.1. The Kier molecular flexibility index (Phi) is 7.30. The summed E-state index contributed by atoms with van der Waals surface area (Å²) in [6, 6.07) is 61.3. The van der Waals surface area contributed by atoms with Crippen LogP contribution in [0.3, 0.4) is 0 Å². The molecule has 0 N–H and O–H groups in total. The molecule has 2 heterocycles. The van der Waals surface area contributed by atoms with Crippen molar-refractivity contribution < 1.29 is 4.42 Å². The fraction of sp³-hybridized carbons (Fsp3) is 0. The molecule has 7 aromatic carbocycles. The van der Waals surface area contributed by atoms with E-state index in [1.54, 1.807) is 11.3 Å². The maximum absolute atomic E-state index is 6.09. The van der Waals surface area contributed by atoms with Gasteiger partial charge in [0.1, 0.15) is 10.5 Å². The van der Waals surface area contributed by atoms with E-state index in [4.69, 9.17) is 14.4 Å². The lowest BCUT2D eigenvalue weighted by Crippen LogP contribution is -2.10. The minimum absolute atomic E-state index is 0.609. The Bertz CT molecular complexity index is 2350. The van der Waals surface area contributed by atoms with E-state index in [2.05, 4.69) is 150 Å².